The number of carbonyl (C=O) groups is 1. The number of carbonyl (C=O) groups excluding carboxylic acids is 1. The minimum Gasteiger partial charge on any atom is -0.444 e. The molecule has 0 bridgehead atoms. The number of ether oxygens (including phenoxy) is 1. The second kappa shape index (κ2) is 5.40. The summed E-state index contributed by atoms with van der Waals surface area (Å²) in [4.78, 5) is 15.7. The van der Waals surface area contributed by atoms with Gasteiger partial charge in [-0.25, -0.2) is 13.6 Å². The van der Waals surface area contributed by atoms with Gasteiger partial charge in [-0.05, 0) is 26.8 Å². The summed E-state index contributed by atoms with van der Waals surface area (Å²) in [5.74, 6) is -2.95. The van der Waals surface area contributed by atoms with Gasteiger partial charge in [-0.3, -0.25) is 10.3 Å². The van der Waals surface area contributed by atoms with Gasteiger partial charge in [-0.1, -0.05) is 11.6 Å². The summed E-state index contributed by atoms with van der Waals surface area (Å²) in [5.41, 5.74) is 0.195. The van der Waals surface area contributed by atoms with Crippen molar-refractivity contribution in [1.29, 1.82) is 0 Å². The molecule has 4 nitrogen and oxygen atoms in total. The number of hydrogen-bond donors (Lipinski definition) is 1. The van der Waals surface area contributed by atoms with Crippen molar-refractivity contribution in [1.82, 2.24) is 4.98 Å². The van der Waals surface area contributed by atoms with E-state index in [1.165, 1.54) is 12.3 Å². The second-order valence-corrected chi connectivity index (χ2v) is 6.59. The quantitative estimate of drug-likeness (QED) is 0.867. The highest BCUT2D eigenvalue weighted by atomic mass is 35.5. The Morgan fingerprint density at radius 2 is 2.10 bits per heavy atom. The first-order valence-electron chi connectivity index (χ1n) is 6.59. The van der Waals surface area contributed by atoms with E-state index < -0.39 is 17.6 Å². The summed E-state index contributed by atoms with van der Waals surface area (Å²) in [7, 11) is 0. The molecule has 0 spiro atoms. The number of nitrogens with one attached hydrogen (secondary N) is 1. The molecule has 116 valence electrons. The third kappa shape index (κ3) is 4.27. The number of hydrogen-bond acceptors (Lipinski definition) is 3. The van der Waals surface area contributed by atoms with Gasteiger partial charge in [0.2, 0.25) is 5.92 Å². The molecule has 0 saturated heterocycles. The zero-order chi connectivity index (χ0) is 15.8. The van der Waals surface area contributed by atoms with Crippen molar-refractivity contribution in [3.05, 3.63) is 23.0 Å². The summed E-state index contributed by atoms with van der Waals surface area (Å²) in [6, 6.07) is 1.49. The normalized spacial score (nSPS) is 18.0. The molecular weight excluding hydrogens is 302 g/mol. The van der Waals surface area contributed by atoms with Crippen molar-refractivity contribution in [3.8, 4) is 0 Å². The molecule has 0 atom stereocenters. The Morgan fingerprint density at radius 1 is 1.48 bits per heavy atom. The summed E-state index contributed by atoms with van der Waals surface area (Å²) in [6.07, 6.45) is 0.293. The molecule has 0 unspecified atom stereocenters. The summed E-state index contributed by atoms with van der Waals surface area (Å²) >= 11 is 6.05. The fourth-order valence-corrected chi connectivity index (χ4v) is 2.41. The number of amides is 1. The van der Waals surface area contributed by atoms with Gasteiger partial charge in [0.25, 0.3) is 0 Å². The van der Waals surface area contributed by atoms with Gasteiger partial charge in [0, 0.05) is 18.8 Å². The lowest BCUT2D eigenvalue weighted by molar-refractivity contribution is -0.0875. The average Bonchev–Trinajstić information content (AvgIpc) is 2.23. The summed E-state index contributed by atoms with van der Waals surface area (Å²) < 4.78 is 30.8. The molecular formula is C14H17ClF2N2O2. The number of alkyl halides is 2. The Hall–Kier alpha value is -1.43. The van der Waals surface area contributed by atoms with E-state index in [4.69, 9.17) is 16.3 Å². The minimum atomic E-state index is -2.62. The van der Waals surface area contributed by atoms with E-state index in [0.29, 0.717) is 11.4 Å². The zero-order valence-corrected chi connectivity index (χ0v) is 12.8. The number of rotatable bonds is 2. The number of aromatic nitrogens is 1. The van der Waals surface area contributed by atoms with E-state index in [1.807, 2.05) is 0 Å². The van der Waals surface area contributed by atoms with Crippen molar-refractivity contribution in [2.45, 2.75) is 51.1 Å². The molecule has 1 aliphatic rings. The number of nitrogens with zero attached hydrogens (tertiary/aromatic N) is 1. The van der Waals surface area contributed by atoms with E-state index in [0.717, 1.165) is 0 Å². The molecule has 0 radical (unpaired) electrons. The highest BCUT2D eigenvalue weighted by Crippen LogP contribution is 2.49. The molecule has 1 fully saturated rings. The van der Waals surface area contributed by atoms with E-state index in [2.05, 4.69) is 10.3 Å². The third-order valence-corrected chi connectivity index (χ3v) is 3.29. The molecule has 1 heterocycles. The van der Waals surface area contributed by atoms with Gasteiger partial charge >= 0.3 is 6.09 Å². The van der Waals surface area contributed by atoms with E-state index in [-0.39, 0.29) is 23.8 Å². The first-order valence-corrected chi connectivity index (χ1v) is 6.97. The maximum Gasteiger partial charge on any atom is 0.412 e. The first kappa shape index (κ1) is 15.9. The van der Waals surface area contributed by atoms with Crippen LogP contribution in [0, 0.1) is 0 Å². The van der Waals surface area contributed by atoms with Crippen molar-refractivity contribution < 1.29 is 18.3 Å². The van der Waals surface area contributed by atoms with Crippen LogP contribution in [-0.4, -0.2) is 22.6 Å². The van der Waals surface area contributed by atoms with Crippen LogP contribution in [-0.2, 0) is 4.74 Å². The Labute approximate surface area is 126 Å². The van der Waals surface area contributed by atoms with Gasteiger partial charge in [-0.15, -0.1) is 0 Å². The molecule has 1 amide bonds. The maximum absolute atomic E-state index is 12.9. The van der Waals surface area contributed by atoms with Crippen LogP contribution >= 0.6 is 11.6 Å². The lowest BCUT2D eigenvalue weighted by Gasteiger charge is -2.34. The van der Waals surface area contributed by atoms with Crippen LogP contribution in [0.5, 0.6) is 0 Å². The Kier molecular flexibility index (Phi) is 4.10. The SMILES string of the molecule is CC(C)(C)OC(=O)Nc1cnc(C2CC(F)(F)C2)c(Cl)c1. The highest BCUT2D eigenvalue weighted by molar-refractivity contribution is 6.31. The highest BCUT2D eigenvalue weighted by Gasteiger charge is 2.47. The van der Waals surface area contributed by atoms with Gasteiger partial charge in [0.15, 0.2) is 0 Å². The summed E-state index contributed by atoms with van der Waals surface area (Å²) in [5, 5.41) is 2.77. The molecule has 1 aromatic heterocycles. The largest absolute Gasteiger partial charge is 0.444 e. The van der Waals surface area contributed by atoms with Gasteiger partial charge in [0.1, 0.15) is 5.60 Å². The monoisotopic (exact) mass is 318 g/mol. The van der Waals surface area contributed by atoms with Gasteiger partial charge < -0.3 is 4.74 Å². The lowest BCUT2D eigenvalue weighted by Crippen LogP contribution is -2.34. The van der Waals surface area contributed by atoms with Gasteiger partial charge in [-0.2, -0.15) is 0 Å². The molecule has 1 aliphatic carbocycles. The van der Waals surface area contributed by atoms with E-state index in [1.54, 1.807) is 20.8 Å². The fraction of sp³-hybridized carbons (Fsp3) is 0.571. The van der Waals surface area contributed by atoms with E-state index in [9.17, 15) is 13.6 Å². The Balaban J connectivity index is 2.01. The smallest absolute Gasteiger partial charge is 0.412 e. The summed E-state index contributed by atoms with van der Waals surface area (Å²) in [6.45, 7) is 5.24. The number of halogens is 3. The van der Waals surface area contributed by atoms with Crippen LogP contribution in [0.4, 0.5) is 19.3 Å². The molecule has 1 aromatic rings. The van der Waals surface area contributed by atoms with Crippen molar-refractivity contribution in [2.24, 2.45) is 0 Å². The number of pyridine rings is 1. The molecule has 1 N–H and O–H groups in total. The maximum atomic E-state index is 12.9. The standard InChI is InChI=1S/C14H17ClF2N2O2/c1-13(2,3)21-12(20)19-9-4-10(15)11(18-7-9)8-5-14(16,17)6-8/h4,7-8H,5-6H2,1-3H3,(H,19,20). The minimum absolute atomic E-state index is 0.238. The Morgan fingerprint density at radius 3 is 2.57 bits per heavy atom. The van der Waals surface area contributed by atoms with Crippen molar-refractivity contribution >= 4 is 23.4 Å². The predicted octanol–water partition coefficient (Wildman–Crippen LogP) is 4.59. The zero-order valence-electron chi connectivity index (χ0n) is 12.0. The van der Waals surface area contributed by atoms with Crippen molar-refractivity contribution in [3.63, 3.8) is 0 Å². The van der Waals surface area contributed by atoms with Crippen molar-refractivity contribution in [2.75, 3.05) is 5.32 Å². The fourth-order valence-electron chi connectivity index (χ4n) is 2.09. The molecule has 7 heteroatoms. The molecule has 1 saturated carbocycles. The lowest BCUT2D eigenvalue weighted by atomic mass is 9.79. The van der Waals surface area contributed by atoms with E-state index >= 15 is 0 Å². The second-order valence-electron chi connectivity index (χ2n) is 6.18. The predicted molar refractivity (Wildman–Crippen MR) is 76.0 cm³/mol. The topological polar surface area (TPSA) is 51.2 Å². The molecule has 21 heavy (non-hydrogen) atoms. The number of anilines is 1. The van der Waals surface area contributed by atoms with Crippen LogP contribution in [0.25, 0.3) is 0 Å². The van der Waals surface area contributed by atoms with Crippen LogP contribution in [0.1, 0.15) is 45.2 Å². The molecule has 0 aliphatic heterocycles. The third-order valence-electron chi connectivity index (χ3n) is 2.99. The van der Waals surface area contributed by atoms with Crippen LogP contribution in [0.2, 0.25) is 5.02 Å². The van der Waals surface area contributed by atoms with Gasteiger partial charge in [0.05, 0.1) is 22.6 Å². The Bertz CT molecular complexity index is 550. The molecule has 0 aromatic carbocycles. The first-order chi connectivity index (χ1) is 9.56. The van der Waals surface area contributed by atoms with Crippen LogP contribution < -0.4 is 5.32 Å². The van der Waals surface area contributed by atoms with Crippen LogP contribution in [0.15, 0.2) is 12.3 Å². The molecule has 2 rings (SSSR count). The average molecular weight is 319 g/mol. The van der Waals surface area contributed by atoms with Crippen LogP contribution in [0.3, 0.4) is 0 Å².